The molecular weight excluding hydrogens is 537 g/mol. The molecule has 1 aliphatic carbocycles. The minimum absolute atomic E-state index is 0.0317. The highest BCUT2D eigenvalue weighted by Crippen LogP contribution is 2.32. The van der Waals surface area contributed by atoms with Crippen LogP contribution in [0.5, 0.6) is 5.75 Å². The molecule has 218 valence electrons. The number of nitrogens with zero attached hydrogens (tertiary/aromatic N) is 2. The van der Waals surface area contributed by atoms with E-state index >= 15 is 0 Å². The van der Waals surface area contributed by atoms with E-state index in [1.807, 2.05) is 6.92 Å². The van der Waals surface area contributed by atoms with Crippen LogP contribution in [0.15, 0.2) is 47.4 Å². The number of benzene rings is 2. The molecule has 11 heteroatoms. The number of aliphatic hydroxyl groups excluding tert-OH is 1. The summed E-state index contributed by atoms with van der Waals surface area (Å²) in [6.45, 7) is 3.53. The third-order valence-electron chi connectivity index (χ3n) is 7.87. The Morgan fingerprint density at radius 1 is 1.18 bits per heavy atom. The van der Waals surface area contributed by atoms with Crippen LogP contribution >= 0.6 is 0 Å². The van der Waals surface area contributed by atoms with Gasteiger partial charge in [-0.1, -0.05) is 26.2 Å². The van der Waals surface area contributed by atoms with Crippen LogP contribution in [0, 0.1) is 17.7 Å². The number of rotatable bonds is 8. The normalized spacial score (nSPS) is 21.2. The summed E-state index contributed by atoms with van der Waals surface area (Å²) in [5.41, 5.74) is 0.701. The molecular formula is C29H38FN3O6S. The molecule has 40 heavy (non-hydrogen) atoms. The predicted molar refractivity (Wildman–Crippen MR) is 149 cm³/mol. The first-order chi connectivity index (χ1) is 19.0. The summed E-state index contributed by atoms with van der Waals surface area (Å²) in [5, 5.41) is 12.8. The molecule has 2 aliphatic rings. The lowest BCUT2D eigenvalue weighted by atomic mass is 9.88. The Bertz CT molecular complexity index is 1310. The molecule has 2 amide bonds. The highest BCUT2D eigenvalue weighted by atomic mass is 32.2. The van der Waals surface area contributed by atoms with E-state index in [0.29, 0.717) is 5.69 Å². The largest absolute Gasteiger partial charge is 0.488 e. The molecule has 0 saturated heterocycles. The maximum absolute atomic E-state index is 13.7. The molecule has 9 nitrogen and oxygen atoms in total. The average Bonchev–Trinajstić information content (AvgIpc) is 2.95. The van der Waals surface area contributed by atoms with Crippen LogP contribution in [-0.4, -0.2) is 73.4 Å². The van der Waals surface area contributed by atoms with Crippen molar-refractivity contribution in [1.29, 1.82) is 0 Å². The van der Waals surface area contributed by atoms with Crippen LogP contribution in [0.4, 0.5) is 10.1 Å². The first kappa shape index (κ1) is 30.0. The number of fused-ring (bicyclic) bond motifs is 1. The molecule has 3 atom stereocenters. The molecule has 0 bridgehead atoms. The number of ether oxygens (including phenoxy) is 1. The Balaban J connectivity index is 1.62. The lowest BCUT2D eigenvalue weighted by molar-refractivity contribution is -0.120. The lowest BCUT2D eigenvalue weighted by Gasteiger charge is -2.38. The minimum atomic E-state index is -3.93. The number of halogens is 1. The summed E-state index contributed by atoms with van der Waals surface area (Å²) in [6.07, 6.45) is 4.21. The fourth-order valence-electron chi connectivity index (χ4n) is 5.27. The number of carbonyl (C=O) groups excluding carboxylic acids is 2. The highest BCUT2D eigenvalue weighted by molar-refractivity contribution is 7.89. The van der Waals surface area contributed by atoms with Gasteiger partial charge in [0.2, 0.25) is 15.9 Å². The Labute approximate surface area is 235 Å². The maximum atomic E-state index is 13.7. The third kappa shape index (κ3) is 6.64. The summed E-state index contributed by atoms with van der Waals surface area (Å²) in [6, 6.07) is 8.99. The van der Waals surface area contributed by atoms with E-state index in [4.69, 9.17) is 4.74 Å². The zero-order valence-corrected chi connectivity index (χ0v) is 24.0. The molecule has 0 aromatic heterocycles. The monoisotopic (exact) mass is 575 g/mol. The van der Waals surface area contributed by atoms with E-state index < -0.39 is 28.0 Å². The van der Waals surface area contributed by atoms with E-state index in [1.54, 1.807) is 30.0 Å². The number of hydrogen-bond donors (Lipinski definition) is 2. The van der Waals surface area contributed by atoms with Gasteiger partial charge in [-0.15, -0.1) is 0 Å². The molecule has 1 aliphatic heterocycles. The van der Waals surface area contributed by atoms with Crippen molar-refractivity contribution in [1.82, 2.24) is 9.21 Å². The van der Waals surface area contributed by atoms with Crippen molar-refractivity contribution in [2.24, 2.45) is 11.8 Å². The van der Waals surface area contributed by atoms with Gasteiger partial charge >= 0.3 is 0 Å². The van der Waals surface area contributed by atoms with Crippen molar-refractivity contribution in [3.63, 3.8) is 0 Å². The van der Waals surface area contributed by atoms with Gasteiger partial charge in [0.25, 0.3) is 5.91 Å². The minimum Gasteiger partial charge on any atom is -0.488 e. The lowest BCUT2D eigenvalue weighted by Crippen LogP contribution is -2.50. The summed E-state index contributed by atoms with van der Waals surface area (Å²) in [7, 11) is -2.51. The zero-order valence-electron chi connectivity index (χ0n) is 23.2. The zero-order chi connectivity index (χ0) is 29.0. The number of nitrogens with one attached hydrogen (secondary N) is 1. The second-order valence-electron chi connectivity index (χ2n) is 10.9. The molecule has 1 heterocycles. The summed E-state index contributed by atoms with van der Waals surface area (Å²) >= 11 is 0. The summed E-state index contributed by atoms with van der Waals surface area (Å²) in [5.74, 6) is -1.05. The molecule has 2 aromatic rings. The molecule has 2 N–H and O–H groups in total. The summed E-state index contributed by atoms with van der Waals surface area (Å²) in [4.78, 5) is 28.0. The smallest absolute Gasteiger partial charge is 0.258 e. The standard InChI is InChI=1S/C29H38FN3O6S/c1-19-16-33(20(2)18-34)29(36)25-15-23(31-28(35)21-7-5-4-6-8-21)11-14-26(25)39-27(19)17-32(3)40(37,38)24-12-9-22(30)10-13-24/h9-15,19-21,27,34H,4-8,16-18H2,1-3H3,(H,31,35)/t19-,20-,27-/m0/s1. The SMILES string of the molecule is C[C@H]1CN([C@@H](C)CO)C(=O)c2cc(NC(=O)C3CCCCC3)ccc2O[C@H]1CN(C)S(=O)(=O)c1ccc(F)cc1. The van der Waals surface area contributed by atoms with Crippen LogP contribution in [0.3, 0.4) is 0 Å². The van der Waals surface area contributed by atoms with Crippen LogP contribution < -0.4 is 10.1 Å². The molecule has 2 aromatic carbocycles. The summed E-state index contributed by atoms with van der Waals surface area (Å²) < 4.78 is 47.2. The Kier molecular flexibility index (Phi) is 9.48. The van der Waals surface area contributed by atoms with Crippen molar-refractivity contribution in [2.75, 3.05) is 32.1 Å². The van der Waals surface area contributed by atoms with Crippen molar-refractivity contribution in [2.45, 2.75) is 63.0 Å². The van der Waals surface area contributed by atoms with Gasteiger partial charge in [-0.05, 0) is 62.2 Å². The number of carbonyl (C=O) groups is 2. The molecule has 0 spiro atoms. The number of aliphatic hydroxyl groups is 1. The van der Waals surface area contributed by atoms with Gasteiger partial charge in [-0.25, -0.2) is 12.8 Å². The van der Waals surface area contributed by atoms with E-state index in [1.165, 1.54) is 19.2 Å². The van der Waals surface area contributed by atoms with Crippen LogP contribution in [-0.2, 0) is 14.8 Å². The topological polar surface area (TPSA) is 116 Å². The maximum Gasteiger partial charge on any atom is 0.258 e. The number of hydrogen-bond acceptors (Lipinski definition) is 6. The molecule has 0 radical (unpaired) electrons. The average molecular weight is 576 g/mol. The van der Waals surface area contributed by atoms with Crippen LogP contribution in [0.25, 0.3) is 0 Å². The first-order valence-corrected chi connectivity index (χ1v) is 15.2. The second-order valence-corrected chi connectivity index (χ2v) is 12.9. The van der Waals surface area contributed by atoms with E-state index in [0.717, 1.165) is 48.5 Å². The predicted octanol–water partition coefficient (Wildman–Crippen LogP) is 3.89. The van der Waals surface area contributed by atoms with Gasteiger partial charge in [-0.2, -0.15) is 4.31 Å². The van der Waals surface area contributed by atoms with Crippen LogP contribution in [0.1, 0.15) is 56.3 Å². The van der Waals surface area contributed by atoms with Gasteiger partial charge in [-0.3, -0.25) is 9.59 Å². The fraction of sp³-hybridized carbons (Fsp3) is 0.517. The Morgan fingerprint density at radius 3 is 2.50 bits per heavy atom. The van der Waals surface area contributed by atoms with Crippen molar-refractivity contribution in [3.05, 3.63) is 53.8 Å². The third-order valence-corrected chi connectivity index (χ3v) is 9.70. The Hall–Kier alpha value is -3.02. The van der Waals surface area contributed by atoms with E-state index in [9.17, 15) is 27.5 Å². The van der Waals surface area contributed by atoms with Gasteiger partial charge in [0.1, 0.15) is 17.7 Å². The Morgan fingerprint density at radius 2 is 1.85 bits per heavy atom. The fourth-order valence-corrected chi connectivity index (χ4v) is 6.45. The number of likely N-dealkylation sites (N-methyl/N-ethyl adjacent to an activating group) is 1. The van der Waals surface area contributed by atoms with Crippen molar-refractivity contribution >= 4 is 27.5 Å². The van der Waals surface area contributed by atoms with Gasteiger partial charge in [0, 0.05) is 31.1 Å². The second kappa shape index (κ2) is 12.7. The molecule has 1 saturated carbocycles. The van der Waals surface area contributed by atoms with E-state index in [2.05, 4.69) is 5.32 Å². The first-order valence-electron chi connectivity index (χ1n) is 13.8. The van der Waals surface area contributed by atoms with Crippen LogP contribution in [0.2, 0.25) is 0 Å². The van der Waals surface area contributed by atoms with Crippen molar-refractivity contribution in [3.8, 4) is 5.75 Å². The number of amides is 2. The quantitative estimate of drug-likeness (QED) is 0.494. The van der Waals surface area contributed by atoms with Gasteiger partial charge in [0.05, 0.1) is 29.7 Å². The molecule has 1 fully saturated rings. The van der Waals surface area contributed by atoms with Gasteiger partial charge in [0.15, 0.2) is 0 Å². The van der Waals surface area contributed by atoms with Crippen molar-refractivity contribution < 1.29 is 32.2 Å². The number of sulfonamides is 1. The molecule has 4 rings (SSSR count). The molecule has 0 unspecified atom stereocenters. The van der Waals surface area contributed by atoms with Gasteiger partial charge < -0.3 is 20.1 Å². The highest BCUT2D eigenvalue weighted by Gasteiger charge is 2.35. The van der Waals surface area contributed by atoms with E-state index in [-0.39, 0.29) is 59.6 Å². The number of anilines is 1.